The number of carbonyl (C=O) groups is 1. The van der Waals surface area contributed by atoms with Gasteiger partial charge in [-0.2, -0.15) is 15.7 Å². The number of nitrogens with zero attached hydrogens (tertiary/aromatic N) is 3. The van der Waals surface area contributed by atoms with Gasteiger partial charge in [-0.3, -0.25) is 9.11 Å². The van der Waals surface area contributed by atoms with E-state index < -0.39 is 27.7 Å². The number of nitrogens with one attached hydrogen (secondary N) is 1. The molecule has 0 aliphatic carbocycles. The minimum Gasteiger partial charge on any atom is -0.406 e. The van der Waals surface area contributed by atoms with Crippen LogP contribution in [0, 0.1) is 0 Å². The Morgan fingerprint density at radius 1 is 1.19 bits per heavy atom. The molecule has 0 radical (unpaired) electrons. The summed E-state index contributed by atoms with van der Waals surface area (Å²) in [6.07, 6.45) is -3.65. The van der Waals surface area contributed by atoms with E-state index in [9.17, 15) is 27.1 Å². The Bertz CT molecular complexity index is 1210. The molecule has 2 amide bonds. The van der Waals surface area contributed by atoms with Crippen molar-refractivity contribution < 1.29 is 31.8 Å². The van der Waals surface area contributed by atoms with Crippen LogP contribution in [-0.2, 0) is 6.42 Å². The lowest BCUT2D eigenvalue weighted by atomic mass is 9.92. The average molecular weight is 525 g/mol. The normalized spacial score (nSPS) is 23.0. The third-order valence-electron chi connectivity index (χ3n) is 7.13. The number of hydrogen-bond donors (Lipinski definition) is 3. The highest BCUT2D eigenvalue weighted by Crippen LogP contribution is 2.67. The summed E-state index contributed by atoms with van der Waals surface area (Å²) < 4.78 is 62.7. The van der Waals surface area contributed by atoms with E-state index in [0.717, 1.165) is 17.7 Å². The minimum absolute atomic E-state index is 0.339. The number of hydrazone groups is 1. The molecule has 12 heteroatoms. The van der Waals surface area contributed by atoms with Crippen LogP contribution in [0.2, 0.25) is 0 Å². The molecule has 2 fully saturated rings. The molecule has 0 saturated carbocycles. The summed E-state index contributed by atoms with van der Waals surface area (Å²) in [4.78, 5) is 14.6. The molecule has 3 N–H and O–H groups in total. The molecule has 0 unspecified atom stereocenters. The maximum Gasteiger partial charge on any atom is 0.573 e. The molecule has 0 aromatic heterocycles. The third kappa shape index (κ3) is 4.27. The second-order valence-corrected chi connectivity index (χ2v) is 12.1. The van der Waals surface area contributed by atoms with E-state index >= 15 is 0 Å². The summed E-state index contributed by atoms with van der Waals surface area (Å²) in [5.74, 6) is 0.0937. The first-order valence-electron chi connectivity index (χ1n) is 11.5. The minimum atomic E-state index is -4.84. The molecule has 3 aliphatic heterocycles. The molecule has 0 bridgehead atoms. The van der Waals surface area contributed by atoms with Crippen molar-refractivity contribution in [2.24, 2.45) is 5.10 Å². The molecule has 2 aromatic carbocycles. The summed E-state index contributed by atoms with van der Waals surface area (Å²) in [6.45, 7) is 2.95. The molecule has 1 spiro atoms. The van der Waals surface area contributed by atoms with Crippen LogP contribution in [0.3, 0.4) is 0 Å². The fraction of sp³-hybridized carbons (Fsp3) is 0.417. The number of urea groups is 1. The van der Waals surface area contributed by atoms with Crippen LogP contribution in [0.15, 0.2) is 47.6 Å². The van der Waals surface area contributed by atoms with Gasteiger partial charge in [0.2, 0.25) is 0 Å². The van der Waals surface area contributed by atoms with E-state index in [1.165, 1.54) is 24.2 Å². The van der Waals surface area contributed by atoms with Crippen LogP contribution in [-0.4, -0.2) is 68.9 Å². The Labute approximate surface area is 208 Å². The largest absolute Gasteiger partial charge is 0.573 e. The van der Waals surface area contributed by atoms with Gasteiger partial charge in [0, 0.05) is 42.7 Å². The van der Waals surface area contributed by atoms with Crippen LogP contribution in [0.1, 0.15) is 30.0 Å². The van der Waals surface area contributed by atoms with Crippen molar-refractivity contribution >= 4 is 28.0 Å². The number of anilines is 1. The summed E-state index contributed by atoms with van der Waals surface area (Å²) in [5, 5.41) is 8.43. The Kier molecular flexibility index (Phi) is 5.88. The van der Waals surface area contributed by atoms with Gasteiger partial charge in [-0.1, -0.05) is 18.2 Å². The molecule has 194 valence electrons. The SMILES string of the molecule is CNC(=O)N1N=C(c2ccc(N3CC4(CCS4(O)O)C3)cc2)c2cc(OC(F)(F)F)ccc2C[C@H]1C. The van der Waals surface area contributed by atoms with E-state index in [1.807, 2.05) is 19.1 Å². The predicted molar refractivity (Wildman–Crippen MR) is 132 cm³/mol. The Morgan fingerprint density at radius 2 is 1.89 bits per heavy atom. The molecule has 3 aliphatic rings. The number of halogens is 3. The third-order valence-corrected chi connectivity index (χ3v) is 9.75. The first-order valence-corrected chi connectivity index (χ1v) is 13.2. The number of rotatable bonds is 3. The fourth-order valence-electron chi connectivity index (χ4n) is 4.99. The number of benzene rings is 2. The first kappa shape index (κ1) is 24.7. The van der Waals surface area contributed by atoms with Gasteiger partial charge in [0.15, 0.2) is 0 Å². The second kappa shape index (κ2) is 8.56. The standard InChI is InChI=1S/C24H27F3N4O4S/c1-15-11-17-5-8-19(35-24(25,26)27)12-20(17)21(29-31(15)22(32)28-2)16-3-6-18(7-4-16)30-13-23(14-30)9-10-36(23,33)34/h3-8,12,15,33-34H,9-11,13-14H2,1-2H3,(H,28,32)/t15-/m1/s1. The molecule has 8 nitrogen and oxygen atoms in total. The molecule has 1 atom stereocenters. The van der Waals surface area contributed by atoms with Crippen molar-refractivity contribution in [3.05, 3.63) is 59.2 Å². The van der Waals surface area contributed by atoms with Crippen LogP contribution in [0.5, 0.6) is 5.75 Å². The lowest BCUT2D eigenvalue weighted by Gasteiger charge is -2.67. The second-order valence-electron chi connectivity index (χ2n) is 9.48. The van der Waals surface area contributed by atoms with Crippen molar-refractivity contribution in [1.29, 1.82) is 0 Å². The van der Waals surface area contributed by atoms with Crippen molar-refractivity contribution in [3.8, 4) is 5.75 Å². The van der Waals surface area contributed by atoms with E-state index in [1.54, 1.807) is 18.2 Å². The topological polar surface area (TPSA) is 97.6 Å². The average Bonchev–Trinajstić information content (AvgIpc) is 2.92. The number of hydrogen-bond acceptors (Lipinski definition) is 6. The summed E-state index contributed by atoms with van der Waals surface area (Å²) in [5.41, 5.74) is 3.06. The molecule has 36 heavy (non-hydrogen) atoms. The maximum atomic E-state index is 12.9. The molecule has 5 rings (SSSR count). The zero-order chi connectivity index (χ0) is 25.9. The van der Waals surface area contributed by atoms with Gasteiger partial charge in [0.1, 0.15) is 5.75 Å². The summed E-state index contributed by atoms with van der Waals surface area (Å²) >= 11 is 0. The first-order chi connectivity index (χ1) is 16.9. The summed E-state index contributed by atoms with van der Waals surface area (Å²) in [7, 11) is -1.03. The quantitative estimate of drug-likeness (QED) is 0.544. The van der Waals surface area contributed by atoms with Gasteiger partial charge >= 0.3 is 12.4 Å². The smallest absolute Gasteiger partial charge is 0.406 e. The monoisotopic (exact) mass is 524 g/mol. The van der Waals surface area contributed by atoms with E-state index in [0.29, 0.717) is 42.1 Å². The van der Waals surface area contributed by atoms with Gasteiger partial charge < -0.3 is 15.0 Å². The van der Waals surface area contributed by atoms with E-state index in [4.69, 9.17) is 0 Å². The zero-order valence-corrected chi connectivity index (χ0v) is 20.6. The molecular weight excluding hydrogens is 497 g/mol. The van der Waals surface area contributed by atoms with Gasteiger partial charge in [-0.25, -0.2) is 9.80 Å². The highest BCUT2D eigenvalue weighted by atomic mass is 32.3. The predicted octanol–water partition coefficient (Wildman–Crippen LogP) is 4.64. The van der Waals surface area contributed by atoms with Crippen molar-refractivity contribution in [3.63, 3.8) is 0 Å². The van der Waals surface area contributed by atoms with Crippen LogP contribution in [0.4, 0.5) is 23.7 Å². The lowest BCUT2D eigenvalue weighted by molar-refractivity contribution is -0.274. The van der Waals surface area contributed by atoms with Gasteiger partial charge in [-0.05, 0) is 49.6 Å². The van der Waals surface area contributed by atoms with E-state index in [-0.39, 0.29) is 11.8 Å². The van der Waals surface area contributed by atoms with Crippen LogP contribution < -0.4 is 15.0 Å². The summed E-state index contributed by atoms with van der Waals surface area (Å²) in [6, 6.07) is 10.7. The number of amides is 2. The molecule has 2 saturated heterocycles. The molecule has 2 aromatic rings. The molecular formula is C24H27F3N4O4S. The van der Waals surface area contributed by atoms with Crippen molar-refractivity contribution in [2.45, 2.75) is 36.9 Å². The highest BCUT2D eigenvalue weighted by molar-refractivity contribution is 8.26. The van der Waals surface area contributed by atoms with Crippen LogP contribution in [0.25, 0.3) is 0 Å². The number of ether oxygens (including phenoxy) is 1. The number of alkyl halides is 3. The fourth-order valence-corrected chi connectivity index (χ4v) is 6.86. The van der Waals surface area contributed by atoms with Crippen molar-refractivity contribution in [1.82, 2.24) is 10.3 Å². The Hall–Kier alpha value is -2.96. The van der Waals surface area contributed by atoms with Gasteiger partial charge in [0.05, 0.1) is 16.5 Å². The zero-order valence-electron chi connectivity index (χ0n) is 19.7. The van der Waals surface area contributed by atoms with Gasteiger partial charge in [0.25, 0.3) is 0 Å². The van der Waals surface area contributed by atoms with Crippen LogP contribution >= 0.6 is 10.6 Å². The number of carbonyl (C=O) groups excluding carboxylic acids is 1. The van der Waals surface area contributed by atoms with Gasteiger partial charge in [-0.15, -0.1) is 13.2 Å². The van der Waals surface area contributed by atoms with E-state index in [2.05, 4.69) is 20.1 Å². The lowest BCUT2D eigenvalue weighted by Crippen LogP contribution is -2.69. The maximum absolute atomic E-state index is 12.9. The highest BCUT2D eigenvalue weighted by Gasteiger charge is 2.59. The Balaban J connectivity index is 1.49. The van der Waals surface area contributed by atoms with Crippen molar-refractivity contribution in [2.75, 3.05) is 30.8 Å². The Morgan fingerprint density at radius 3 is 2.44 bits per heavy atom. The molecule has 3 heterocycles. The number of fused-ring (bicyclic) bond motifs is 1.